The van der Waals surface area contributed by atoms with Crippen LogP contribution in [0.4, 0.5) is 0 Å². The van der Waals surface area contributed by atoms with E-state index in [1.807, 2.05) is 30.9 Å². The molecule has 18 heavy (non-hydrogen) atoms. The third-order valence-corrected chi connectivity index (χ3v) is 3.32. The van der Waals surface area contributed by atoms with Gasteiger partial charge >= 0.3 is 0 Å². The third kappa shape index (κ3) is 4.84. The van der Waals surface area contributed by atoms with E-state index in [2.05, 4.69) is 5.32 Å². The molecule has 0 heterocycles. The smallest absolute Gasteiger partial charge is 0.234 e. The van der Waals surface area contributed by atoms with Crippen LogP contribution in [0.25, 0.3) is 0 Å². The van der Waals surface area contributed by atoms with Crippen molar-refractivity contribution in [2.24, 2.45) is 0 Å². The number of carbonyl (C=O) groups excluding carboxylic acids is 1. The molecule has 0 atom stereocenters. The molecular formula is C13H18Cl2N2O. The Kier molecular flexibility index (Phi) is 6.47. The summed E-state index contributed by atoms with van der Waals surface area (Å²) in [5.41, 5.74) is 1.05. The highest BCUT2D eigenvalue weighted by molar-refractivity contribution is 6.42. The molecule has 0 unspecified atom stereocenters. The van der Waals surface area contributed by atoms with E-state index in [0.29, 0.717) is 29.7 Å². The van der Waals surface area contributed by atoms with Gasteiger partial charge in [0.05, 0.1) is 16.6 Å². The molecule has 1 rings (SSSR count). The maximum absolute atomic E-state index is 11.5. The zero-order valence-electron chi connectivity index (χ0n) is 10.7. The number of carbonyl (C=O) groups is 1. The average molecular weight is 289 g/mol. The minimum absolute atomic E-state index is 0.0411. The predicted octanol–water partition coefficient (Wildman–Crippen LogP) is 2.95. The van der Waals surface area contributed by atoms with Crippen LogP contribution in [0, 0.1) is 0 Å². The first-order valence-corrected chi connectivity index (χ1v) is 6.75. The van der Waals surface area contributed by atoms with Gasteiger partial charge in [-0.25, -0.2) is 0 Å². The minimum atomic E-state index is 0.0411. The van der Waals surface area contributed by atoms with Crippen molar-refractivity contribution in [1.29, 1.82) is 0 Å². The lowest BCUT2D eigenvalue weighted by Crippen LogP contribution is -2.36. The Morgan fingerprint density at radius 3 is 2.56 bits per heavy atom. The number of rotatable bonds is 6. The molecule has 3 nitrogen and oxygen atoms in total. The van der Waals surface area contributed by atoms with Crippen molar-refractivity contribution in [2.45, 2.75) is 20.4 Å². The number of benzene rings is 1. The average Bonchev–Trinajstić information content (AvgIpc) is 2.33. The highest BCUT2D eigenvalue weighted by atomic mass is 35.5. The molecule has 0 aliphatic heterocycles. The molecule has 100 valence electrons. The fourth-order valence-corrected chi connectivity index (χ4v) is 1.95. The fraction of sp³-hybridized carbons (Fsp3) is 0.462. The maximum atomic E-state index is 11.5. The molecular weight excluding hydrogens is 271 g/mol. The molecule has 1 N–H and O–H groups in total. The Bertz CT molecular complexity index is 410. The number of likely N-dealkylation sites (N-methyl/N-ethyl adjacent to an activating group) is 2. The van der Waals surface area contributed by atoms with Crippen LogP contribution in [0.5, 0.6) is 0 Å². The van der Waals surface area contributed by atoms with Gasteiger partial charge in [0.1, 0.15) is 0 Å². The lowest BCUT2D eigenvalue weighted by Gasteiger charge is -2.20. The first kappa shape index (κ1) is 15.3. The van der Waals surface area contributed by atoms with Gasteiger partial charge in [0.2, 0.25) is 5.91 Å². The first-order chi connectivity index (χ1) is 8.56. The summed E-state index contributed by atoms with van der Waals surface area (Å²) >= 11 is 11.8. The Labute approximate surface area is 118 Å². The van der Waals surface area contributed by atoms with E-state index in [9.17, 15) is 4.79 Å². The second-order valence-electron chi connectivity index (χ2n) is 4.01. The maximum Gasteiger partial charge on any atom is 0.234 e. The van der Waals surface area contributed by atoms with Gasteiger partial charge in [-0.05, 0) is 31.2 Å². The van der Waals surface area contributed by atoms with Gasteiger partial charge in [-0.3, -0.25) is 9.69 Å². The minimum Gasteiger partial charge on any atom is -0.355 e. The number of nitrogens with zero attached hydrogens (tertiary/aromatic N) is 1. The second kappa shape index (κ2) is 7.62. The van der Waals surface area contributed by atoms with Crippen LogP contribution >= 0.6 is 23.2 Å². The van der Waals surface area contributed by atoms with Gasteiger partial charge in [0, 0.05) is 13.1 Å². The van der Waals surface area contributed by atoms with E-state index in [0.717, 1.165) is 12.1 Å². The molecule has 0 fully saturated rings. The van der Waals surface area contributed by atoms with E-state index in [-0.39, 0.29) is 5.91 Å². The summed E-state index contributed by atoms with van der Waals surface area (Å²) in [6.45, 7) is 6.47. The van der Waals surface area contributed by atoms with Crippen molar-refractivity contribution in [3.05, 3.63) is 33.8 Å². The lowest BCUT2D eigenvalue weighted by molar-refractivity contribution is -0.122. The zero-order valence-corrected chi connectivity index (χ0v) is 12.2. The van der Waals surface area contributed by atoms with Crippen molar-refractivity contribution in [2.75, 3.05) is 19.6 Å². The van der Waals surface area contributed by atoms with Gasteiger partial charge in [-0.1, -0.05) is 36.2 Å². The molecule has 0 spiro atoms. The number of halogens is 2. The topological polar surface area (TPSA) is 32.3 Å². The van der Waals surface area contributed by atoms with Crippen LogP contribution in [0.1, 0.15) is 19.4 Å². The van der Waals surface area contributed by atoms with E-state index in [4.69, 9.17) is 23.2 Å². The van der Waals surface area contributed by atoms with E-state index >= 15 is 0 Å². The summed E-state index contributed by atoms with van der Waals surface area (Å²) in [5.74, 6) is 0.0411. The van der Waals surface area contributed by atoms with E-state index in [1.165, 1.54) is 0 Å². The third-order valence-electron chi connectivity index (χ3n) is 2.58. The summed E-state index contributed by atoms with van der Waals surface area (Å²) < 4.78 is 0. The van der Waals surface area contributed by atoms with E-state index in [1.54, 1.807) is 6.07 Å². The van der Waals surface area contributed by atoms with Crippen LogP contribution in [0.2, 0.25) is 10.0 Å². The summed E-state index contributed by atoms with van der Waals surface area (Å²) in [4.78, 5) is 13.6. The summed E-state index contributed by atoms with van der Waals surface area (Å²) in [7, 11) is 0. The standard InChI is InChI=1S/C13H18Cl2N2O/c1-3-16-13(18)9-17(4-2)8-10-5-6-11(14)12(15)7-10/h5-7H,3-4,8-9H2,1-2H3,(H,16,18). The van der Waals surface area contributed by atoms with Gasteiger partial charge in [0.15, 0.2) is 0 Å². The van der Waals surface area contributed by atoms with Crippen LogP contribution < -0.4 is 5.32 Å². The molecule has 0 radical (unpaired) electrons. The molecule has 1 aromatic carbocycles. The van der Waals surface area contributed by atoms with Gasteiger partial charge in [-0.15, -0.1) is 0 Å². The summed E-state index contributed by atoms with van der Waals surface area (Å²) in [5, 5.41) is 3.88. The Morgan fingerprint density at radius 1 is 1.28 bits per heavy atom. The second-order valence-corrected chi connectivity index (χ2v) is 4.82. The largest absolute Gasteiger partial charge is 0.355 e. The molecule has 0 saturated heterocycles. The highest BCUT2D eigenvalue weighted by Gasteiger charge is 2.09. The molecule has 0 aliphatic carbocycles. The molecule has 0 aromatic heterocycles. The number of nitrogens with one attached hydrogen (secondary N) is 1. The number of hydrogen-bond acceptors (Lipinski definition) is 2. The summed E-state index contributed by atoms with van der Waals surface area (Å²) in [6.07, 6.45) is 0. The van der Waals surface area contributed by atoms with Crippen LogP contribution in [-0.2, 0) is 11.3 Å². The lowest BCUT2D eigenvalue weighted by atomic mass is 10.2. The van der Waals surface area contributed by atoms with Crippen molar-refractivity contribution >= 4 is 29.1 Å². The Hall–Kier alpha value is -0.770. The predicted molar refractivity (Wildman–Crippen MR) is 76.1 cm³/mol. The van der Waals surface area contributed by atoms with Gasteiger partial charge in [0.25, 0.3) is 0 Å². The molecule has 0 bridgehead atoms. The zero-order chi connectivity index (χ0) is 13.5. The van der Waals surface area contributed by atoms with Crippen molar-refractivity contribution in [3.8, 4) is 0 Å². The molecule has 0 saturated carbocycles. The monoisotopic (exact) mass is 288 g/mol. The quantitative estimate of drug-likeness (QED) is 0.873. The highest BCUT2D eigenvalue weighted by Crippen LogP contribution is 2.23. The Morgan fingerprint density at radius 2 is 2.00 bits per heavy atom. The van der Waals surface area contributed by atoms with Gasteiger partial charge < -0.3 is 5.32 Å². The Balaban J connectivity index is 2.62. The normalized spacial score (nSPS) is 10.7. The number of hydrogen-bond donors (Lipinski definition) is 1. The van der Waals surface area contributed by atoms with Crippen LogP contribution in [-0.4, -0.2) is 30.4 Å². The molecule has 5 heteroatoms. The number of amides is 1. The van der Waals surface area contributed by atoms with Crippen LogP contribution in [0.3, 0.4) is 0 Å². The van der Waals surface area contributed by atoms with E-state index < -0.39 is 0 Å². The fourth-order valence-electron chi connectivity index (χ4n) is 1.63. The first-order valence-electron chi connectivity index (χ1n) is 5.99. The van der Waals surface area contributed by atoms with Crippen LogP contribution in [0.15, 0.2) is 18.2 Å². The molecule has 1 aromatic rings. The summed E-state index contributed by atoms with van der Waals surface area (Å²) in [6, 6.07) is 5.54. The van der Waals surface area contributed by atoms with Crippen molar-refractivity contribution in [1.82, 2.24) is 10.2 Å². The molecule has 0 aliphatic rings. The van der Waals surface area contributed by atoms with Gasteiger partial charge in [-0.2, -0.15) is 0 Å². The van der Waals surface area contributed by atoms with Crippen molar-refractivity contribution < 1.29 is 4.79 Å². The molecule has 1 amide bonds. The van der Waals surface area contributed by atoms with Crippen molar-refractivity contribution in [3.63, 3.8) is 0 Å². The SMILES string of the molecule is CCNC(=O)CN(CC)Cc1ccc(Cl)c(Cl)c1.